The highest BCUT2D eigenvalue weighted by Gasteiger charge is 2.23. The summed E-state index contributed by atoms with van der Waals surface area (Å²) < 4.78 is 26.9. The molecule has 0 N–H and O–H groups in total. The molecule has 0 atom stereocenters. The molecule has 0 amide bonds. The fraction of sp³-hybridized carbons (Fsp3) is 0.714. The van der Waals surface area contributed by atoms with E-state index in [1.807, 2.05) is 11.8 Å². The molecule has 0 spiro atoms. The molecule has 1 aromatic rings. The first kappa shape index (κ1) is 14.2. The maximum Gasteiger partial charge on any atom is 0.254 e. The van der Waals surface area contributed by atoms with Gasteiger partial charge in [0.2, 0.25) is 5.82 Å². The molecular formula is C14H21F2N3. The third kappa shape index (κ3) is 3.39. The van der Waals surface area contributed by atoms with E-state index >= 15 is 0 Å². The Morgan fingerprint density at radius 2 is 1.89 bits per heavy atom. The highest BCUT2D eigenvalue weighted by atomic mass is 19.2. The smallest absolute Gasteiger partial charge is 0.254 e. The predicted octanol–water partition coefficient (Wildman–Crippen LogP) is 3.41. The van der Waals surface area contributed by atoms with Gasteiger partial charge in [0.15, 0.2) is 5.82 Å². The largest absolute Gasteiger partial charge is 0.354 e. The van der Waals surface area contributed by atoms with Crippen LogP contribution in [0, 0.1) is 23.6 Å². The Bertz CT molecular complexity index is 417. The van der Waals surface area contributed by atoms with E-state index in [1.165, 1.54) is 12.8 Å². The van der Waals surface area contributed by atoms with Crippen molar-refractivity contribution in [2.24, 2.45) is 11.8 Å². The van der Waals surface area contributed by atoms with Crippen molar-refractivity contribution in [3.05, 3.63) is 18.1 Å². The predicted molar refractivity (Wildman–Crippen MR) is 71.0 cm³/mol. The molecule has 0 bridgehead atoms. The van der Waals surface area contributed by atoms with E-state index in [-0.39, 0.29) is 5.82 Å². The van der Waals surface area contributed by atoms with Crippen molar-refractivity contribution in [3.63, 3.8) is 0 Å². The van der Waals surface area contributed by atoms with Crippen LogP contribution in [0.2, 0.25) is 0 Å². The summed E-state index contributed by atoms with van der Waals surface area (Å²) in [4.78, 5) is 8.94. The van der Waals surface area contributed by atoms with Crippen molar-refractivity contribution < 1.29 is 8.78 Å². The molecule has 0 radical (unpaired) electrons. The van der Waals surface area contributed by atoms with Crippen LogP contribution in [-0.4, -0.2) is 23.1 Å². The van der Waals surface area contributed by atoms with Gasteiger partial charge in [0, 0.05) is 13.1 Å². The fourth-order valence-corrected chi connectivity index (χ4v) is 2.75. The maximum atomic E-state index is 13.7. The van der Waals surface area contributed by atoms with Crippen molar-refractivity contribution in [2.45, 2.75) is 39.5 Å². The van der Waals surface area contributed by atoms with Gasteiger partial charge >= 0.3 is 0 Å². The van der Waals surface area contributed by atoms with E-state index in [1.54, 1.807) is 0 Å². The maximum absolute atomic E-state index is 13.7. The Hall–Kier alpha value is -1.26. The minimum Gasteiger partial charge on any atom is -0.354 e. The SMILES string of the molecule is CCN(CC1CCC(C)CC1)c1ncnc(F)c1F. The Labute approximate surface area is 113 Å². The monoisotopic (exact) mass is 269 g/mol. The Kier molecular flexibility index (Phi) is 4.66. The summed E-state index contributed by atoms with van der Waals surface area (Å²) in [6.45, 7) is 5.58. The van der Waals surface area contributed by atoms with Crippen LogP contribution in [0.1, 0.15) is 39.5 Å². The van der Waals surface area contributed by atoms with E-state index in [0.29, 0.717) is 12.5 Å². The summed E-state index contributed by atoms with van der Waals surface area (Å²) in [5.74, 6) is -0.573. The number of aromatic nitrogens is 2. The van der Waals surface area contributed by atoms with Gasteiger partial charge in [0.25, 0.3) is 5.95 Å². The second kappa shape index (κ2) is 6.26. The normalized spacial score (nSPS) is 23.4. The van der Waals surface area contributed by atoms with E-state index in [9.17, 15) is 8.78 Å². The van der Waals surface area contributed by atoms with Crippen LogP contribution in [-0.2, 0) is 0 Å². The van der Waals surface area contributed by atoms with Crippen molar-refractivity contribution in [1.29, 1.82) is 0 Å². The van der Waals surface area contributed by atoms with Crippen molar-refractivity contribution in [1.82, 2.24) is 9.97 Å². The highest BCUT2D eigenvalue weighted by molar-refractivity contribution is 5.38. The van der Waals surface area contributed by atoms with E-state index in [4.69, 9.17) is 0 Å². The standard InChI is InChI=1S/C14H21F2N3/c1-3-19(8-11-6-4-10(2)5-7-11)14-12(15)13(16)17-9-18-14/h9-11H,3-8H2,1-2H3. The Morgan fingerprint density at radius 1 is 1.21 bits per heavy atom. The first-order chi connectivity index (χ1) is 9.11. The van der Waals surface area contributed by atoms with Gasteiger partial charge in [0.1, 0.15) is 6.33 Å². The van der Waals surface area contributed by atoms with Crippen LogP contribution in [0.25, 0.3) is 0 Å². The number of halogens is 2. The summed E-state index contributed by atoms with van der Waals surface area (Å²) >= 11 is 0. The highest BCUT2D eigenvalue weighted by Crippen LogP contribution is 2.30. The molecule has 1 aliphatic carbocycles. The molecular weight excluding hydrogens is 248 g/mol. The van der Waals surface area contributed by atoms with Gasteiger partial charge in [-0.2, -0.15) is 8.78 Å². The summed E-state index contributed by atoms with van der Waals surface area (Å²) in [6.07, 6.45) is 5.85. The van der Waals surface area contributed by atoms with E-state index in [2.05, 4.69) is 16.9 Å². The lowest BCUT2D eigenvalue weighted by molar-refractivity contribution is 0.291. The zero-order valence-corrected chi connectivity index (χ0v) is 11.6. The van der Waals surface area contributed by atoms with Gasteiger partial charge in [-0.1, -0.05) is 19.8 Å². The molecule has 1 fully saturated rings. The van der Waals surface area contributed by atoms with Crippen molar-refractivity contribution in [3.8, 4) is 0 Å². The van der Waals surface area contributed by atoms with Crippen LogP contribution in [0.15, 0.2) is 6.33 Å². The molecule has 0 aliphatic heterocycles. The van der Waals surface area contributed by atoms with Gasteiger partial charge in [0.05, 0.1) is 0 Å². The summed E-state index contributed by atoms with van der Waals surface area (Å²) in [5.41, 5.74) is 0. The molecule has 0 aromatic carbocycles. The zero-order chi connectivity index (χ0) is 13.8. The zero-order valence-electron chi connectivity index (χ0n) is 11.6. The van der Waals surface area contributed by atoms with Crippen molar-refractivity contribution >= 4 is 5.82 Å². The molecule has 1 heterocycles. The fourth-order valence-electron chi connectivity index (χ4n) is 2.75. The second-order valence-corrected chi connectivity index (χ2v) is 5.47. The van der Waals surface area contributed by atoms with Gasteiger partial charge < -0.3 is 4.90 Å². The summed E-state index contributed by atoms with van der Waals surface area (Å²) in [6, 6.07) is 0. The molecule has 5 heteroatoms. The van der Waals surface area contributed by atoms with Crippen LogP contribution in [0.3, 0.4) is 0 Å². The third-order valence-electron chi connectivity index (χ3n) is 4.02. The van der Waals surface area contributed by atoms with E-state index < -0.39 is 11.8 Å². The lowest BCUT2D eigenvalue weighted by Gasteiger charge is -2.31. The quantitative estimate of drug-likeness (QED) is 0.784. The molecule has 0 unspecified atom stereocenters. The minimum atomic E-state index is -1.07. The number of anilines is 1. The van der Waals surface area contributed by atoms with Crippen LogP contribution in [0.5, 0.6) is 0 Å². The third-order valence-corrected chi connectivity index (χ3v) is 4.02. The minimum absolute atomic E-state index is 0.0913. The molecule has 2 rings (SSSR count). The Balaban J connectivity index is 2.05. The molecule has 106 valence electrons. The molecule has 0 saturated heterocycles. The first-order valence-electron chi connectivity index (χ1n) is 7.02. The topological polar surface area (TPSA) is 29.0 Å². The number of hydrogen-bond donors (Lipinski definition) is 0. The summed E-state index contributed by atoms with van der Waals surface area (Å²) in [5, 5.41) is 0. The van der Waals surface area contributed by atoms with Gasteiger partial charge in [-0.25, -0.2) is 9.97 Å². The molecule has 1 saturated carbocycles. The van der Waals surface area contributed by atoms with Gasteiger partial charge in [-0.05, 0) is 31.6 Å². The number of nitrogens with zero attached hydrogens (tertiary/aromatic N) is 3. The number of rotatable bonds is 4. The van der Waals surface area contributed by atoms with Crippen LogP contribution >= 0.6 is 0 Å². The van der Waals surface area contributed by atoms with Crippen LogP contribution in [0.4, 0.5) is 14.6 Å². The van der Waals surface area contributed by atoms with Crippen LogP contribution < -0.4 is 4.90 Å². The lowest BCUT2D eigenvalue weighted by atomic mass is 9.83. The lowest BCUT2D eigenvalue weighted by Crippen LogP contribution is -2.32. The second-order valence-electron chi connectivity index (χ2n) is 5.47. The van der Waals surface area contributed by atoms with E-state index in [0.717, 1.165) is 31.6 Å². The van der Waals surface area contributed by atoms with Crippen molar-refractivity contribution in [2.75, 3.05) is 18.0 Å². The van der Waals surface area contributed by atoms with Gasteiger partial charge in [-0.15, -0.1) is 0 Å². The average Bonchev–Trinajstić information content (AvgIpc) is 2.42. The number of hydrogen-bond acceptors (Lipinski definition) is 3. The summed E-state index contributed by atoms with van der Waals surface area (Å²) in [7, 11) is 0. The first-order valence-corrected chi connectivity index (χ1v) is 7.02. The molecule has 1 aliphatic rings. The average molecular weight is 269 g/mol. The Morgan fingerprint density at radius 3 is 2.53 bits per heavy atom. The van der Waals surface area contributed by atoms with Gasteiger partial charge in [-0.3, -0.25) is 0 Å². The molecule has 3 nitrogen and oxygen atoms in total. The molecule has 1 aromatic heterocycles. The molecule has 19 heavy (non-hydrogen) atoms.